The van der Waals surface area contributed by atoms with Crippen molar-refractivity contribution in [2.75, 3.05) is 0 Å². The molecule has 66 valence electrons. The Morgan fingerprint density at radius 1 is 1.42 bits per heavy atom. The van der Waals surface area contributed by atoms with Crippen molar-refractivity contribution >= 4 is 11.8 Å². The van der Waals surface area contributed by atoms with Gasteiger partial charge >= 0.3 is 0 Å². The van der Waals surface area contributed by atoms with E-state index in [1.807, 2.05) is 0 Å². The van der Waals surface area contributed by atoms with Gasteiger partial charge in [-0.15, -0.1) is 0 Å². The van der Waals surface area contributed by atoms with Crippen LogP contribution in [-0.2, 0) is 9.59 Å². The number of amides is 2. The van der Waals surface area contributed by atoms with Crippen molar-refractivity contribution in [3.63, 3.8) is 0 Å². The van der Waals surface area contributed by atoms with Crippen LogP contribution in [0.1, 0.15) is 25.7 Å². The lowest BCUT2D eigenvalue weighted by molar-refractivity contribution is -0.134. The number of hydrogen-bond donors (Lipinski definition) is 1. The second kappa shape index (κ2) is 2.47. The zero-order chi connectivity index (χ0) is 8.72. The SMILES string of the molecule is NC(=O)[C@@H]1CCC(=O)N1C1CC1. The van der Waals surface area contributed by atoms with Crippen LogP contribution in [0.3, 0.4) is 0 Å². The van der Waals surface area contributed by atoms with Gasteiger partial charge < -0.3 is 10.6 Å². The molecule has 4 heteroatoms. The molecule has 0 radical (unpaired) electrons. The average molecular weight is 168 g/mol. The molecule has 1 saturated heterocycles. The van der Waals surface area contributed by atoms with Gasteiger partial charge in [0.15, 0.2) is 0 Å². The topological polar surface area (TPSA) is 63.4 Å². The predicted molar refractivity (Wildman–Crippen MR) is 42.1 cm³/mol. The van der Waals surface area contributed by atoms with Gasteiger partial charge in [-0.25, -0.2) is 0 Å². The van der Waals surface area contributed by atoms with Crippen LogP contribution in [-0.4, -0.2) is 28.8 Å². The Balaban J connectivity index is 2.13. The molecule has 1 aliphatic heterocycles. The first-order chi connectivity index (χ1) is 5.70. The lowest BCUT2D eigenvalue weighted by Gasteiger charge is -2.21. The molecular weight excluding hydrogens is 156 g/mol. The van der Waals surface area contributed by atoms with Gasteiger partial charge in [0.2, 0.25) is 11.8 Å². The lowest BCUT2D eigenvalue weighted by atomic mass is 10.2. The zero-order valence-electron chi connectivity index (χ0n) is 6.82. The van der Waals surface area contributed by atoms with Gasteiger partial charge in [0, 0.05) is 12.5 Å². The van der Waals surface area contributed by atoms with Crippen LogP contribution in [0.25, 0.3) is 0 Å². The van der Waals surface area contributed by atoms with Crippen molar-refractivity contribution in [2.45, 2.75) is 37.8 Å². The predicted octanol–water partition coefficient (Wildman–Crippen LogP) is -0.375. The van der Waals surface area contributed by atoms with E-state index in [4.69, 9.17) is 5.73 Å². The van der Waals surface area contributed by atoms with E-state index in [0.29, 0.717) is 18.9 Å². The zero-order valence-corrected chi connectivity index (χ0v) is 6.82. The summed E-state index contributed by atoms with van der Waals surface area (Å²) >= 11 is 0. The highest BCUT2D eigenvalue weighted by Crippen LogP contribution is 2.33. The lowest BCUT2D eigenvalue weighted by Crippen LogP contribution is -2.43. The summed E-state index contributed by atoms with van der Waals surface area (Å²) in [6.45, 7) is 0. The third-order valence-corrected chi connectivity index (χ3v) is 2.52. The van der Waals surface area contributed by atoms with E-state index >= 15 is 0 Å². The summed E-state index contributed by atoms with van der Waals surface area (Å²) in [4.78, 5) is 23.9. The van der Waals surface area contributed by atoms with Crippen LogP contribution >= 0.6 is 0 Å². The molecule has 2 fully saturated rings. The molecule has 4 nitrogen and oxygen atoms in total. The number of nitrogens with two attached hydrogens (primary N) is 1. The summed E-state index contributed by atoms with van der Waals surface area (Å²) in [5.41, 5.74) is 5.18. The molecule has 2 rings (SSSR count). The number of carbonyl (C=O) groups excluding carboxylic acids is 2. The van der Waals surface area contributed by atoms with Crippen molar-refractivity contribution < 1.29 is 9.59 Å². The minimum absolute atomic E-state index is 0.0984. The van der Waals surface area contributed by atoms with E-state index in [0.717, 1.165) is 12.8 Å². The maximum absolute atomic E-state index is 11.3. The minimum atomic E-state index is -0.354. The van der Waals surface area contributed by atoms with Gasteiger partial charge in [-0.1, -0.05) is 0 Å². The van der Waals surface area contributed by atoms with Crippen LogP contribution in [0.15, 0.2) is 0 Å². The number of nitrogens with zero attached hydrogens (tertiary/aromatic N) is 1. The Morgan fingerprint density at radius 2 is 2.08 bits per heavy atom. The van der Waals surface area contributed by atoms with Crippen molar-refractivity contribution in [3.05, 3.63) is 0 Å². The second-order valence-electron chi connectivity index (χ2n) is 3.49. The first-order valence-electron chi connectivity index (χ1n) is 4.30. The summed E-state index contributed by atoms with van der Waals surface area (Å²) in [6, 6.07) is 0.00231. The molecule has 0 aromatic rings. The van der Waals surface area contributed by atoms with Gasteiger partial charge in [-0.2, -0.15) is 0 Å². The first-order valence-corrected chi connectivity index (χ1v) is 4.30. The fourth-order valence-corrected chi connectivity index (χ4v) is 1.79. The monoisotopic (exact) mass is 168 g/mol. The fourth-order valence-electron chi connectivity index (χ4n) is 1.79. The highest BCUT2D eigenvalue weighted by molar-refractivity contribution is 5.90. The molecule has 0 unspecified atom stereocenters. The van der Waals surface area contributed by atoms with E-state index in [1.165, 1.54) is 0 Å². The normalized spacial score (nSPS) is 29.5. The van der Waals surface area contributed by atoms with Crippen molar-refractivity contribution in [3.8, 4) is 0 Å². The van der Waals surface area contributed by atoms with Gasteiger partial charge in [0.1, 0.15) is 6.04 Å². The molecule has 1 aliphatic carbocycles. The summed E-state index contributed by atoms with van der Waals surface area (Å²) < 4.78 is 0. The summed E-state index contributed by atoms with van der Waals surface area (Å²) in [7, 11) is 0. The number of rotatable bonds is 2. The van der Waals surface area contributed by atoms with E-state index in [1.54, 1.807) is 4.90 Å². The molecule has 1 atom stereocenters. The molecule has 0 aromatic heterocycles. The van der Waals surface area contributed by atoms with Gasteiger partial charge in [-0.3, -0.25) is 9.59 Å². The molecular formula is C8H12N2O2. The number of likely N-dealkylation sites (tertiary alicyclic amines) is 1. The Morgan fingerprint density at radius 3 is 2.58 bits per heavy atom. The van der Waals surface area contributed by atoms with E-state index in [9.17, 15) is 9.59 Å². The molecule has 0 bridgehead atoms. The second-order valence-corrected chi connectivity index (χ2v) is 3.49. The Kier molecular flexibility index (Phi) is 1.56. The smallest absolute Gasteiger partial charge is 0.240 e. The van der Waals surface area contributed by atoms with Crippen LogP contribution in [0.5, 0.6) is 0 Å². The van der Waals surface area contributed by atoms with Crippen molar-refractivity contribution in [2.24, 2.45) is 5.73 Å². The van der Waals surface area contributed by atoms with Gasteiger partial charge in [0.25, 0.3) is 0 Å². The third-order valence-electron chi connectivity index (χ3n) is 2.52. The van der Waals surface area contributed by atoms with E-state index < -0.39 is 0 Å². The number of carbonyl (C=O) groups is 2. The van der Waals surface area contributed by atoms with Crippen molar-refractivity contribution in [1.29, 1.82) is 0 Å². The quantitative estimate of drug-likeness (QED) is 0.611. The van der Waals surface area contributed by atoms with Gasteiger partial charge in [-0.05, 0) is 19.3 Å². The molecule has 1 saturated carbocycles. The summed E-state index contributed by atoms with van der Waals surface area (Å²) in [5, 5.41) is 0. The molecule has 0 aromatic carbocycles. The Labute approximate surface area is 70.7 Å². The molecule has 1 heterocycles. The Bertz CT molecular complexity index is 235. The maximum atomic E-state index is 11.3. The van der Waals surface area contributed by atoms with Crippen LogP contribution in [0, 0.1) is 0 Å². The molecule has 0 spiro atoms. The van der Waals surface area contributed by atoms with Crippen LogP contribution in [0.2, 0.25) is 0 Å². The van der Waals surface area contributed by atoms with Crippen LogP contribution < -0.4 is 5.73 Å². The average Bonchev–Trinajstić information content (AvgIpc) is 2.75. The Hall–Kier alpha value is -1.06. The standard InChI is InChI=1S/C8H12N2O2/c9-8(12)6-3-4-7(11)10(6)5-1-2-5/h5-6H,1-4H2,(H2,9,12)/t6-/m0/s1. The summed E-state index contributed by atoms with van der Waals surface area (Å²) in [5.74, 6) is -0.256. The number of primary amides is 1. The largest absolute Gasteiger partial charge is 0.368 e. The van der Waals surface area contributed by atoms with Crippen molar-refractivity contribution in [1.82, 2.24) is 4.90 Å². The molecule has 12 heavy (non-hydrogen) atoms. The third kappa shape index (κ3) is 1.07. The van der Waals surface area contributed by atoms with Crippen LogP contribution in [0.4, 0.5) is 0 Å². The molecule has 2 amide bonds. The van der Waals surface area contributed by atoms with E-state index in [-0.39, 0.29) is 17.9 Å². The van der Waals surface area contributed by atoms with Gasteiger partial charge in [0.05, 0.1) is 0 Å². The highest BCUT2D eigenvalue weighted by Gasteiger charge is 2.43. The minimum Gasteiger partial charge on any atom is -0.368 e. The molecule has 2 aliphatic rings. The van der Waals surface area contributed by atoms with E-state index in [2.05, 4.69) is 0 Å². The highest BCUT2D eigenvalue weighted by atomic mass is 16.2. The molecule has 2 N–H and O–H groups in total. The summed E-state index contributed by atoms with van der Waals surface area (Å²) in [6.07, 6.45) is 3.18. The maximum Gasteiger partial charge on any atom is 0.240 e. The fraction of sp³-hybridized carbons (Fsp3) is 0.750. The first kappa shape index (κ1) is 7.58. The number of hydrogen-bond acceptors (Lipinski definition) is 2.